The molecule has 0 spiro atoms. The lowest BCUT2D eigenvalue weighted by atomic mass is 10.1. The van der Waals surface area contributed by atoms with Crippen molar-refractivity contribution in [2.24, 2.45) is 0 Å². The van der Waals surface area contributed by atoms with E-state index in [1.54, 1.807) is 0 Å². The molecule has 0 aromatic heterocycles. The van der Waals surface area contributed by atoms with E-state index in [1.807, 2.05) is 0 Å². The number of hydrogen-bond acceptors (Lipinski definition) is 1. The summed E-state index contributed by atoms with van der Waals surface area (Å²) in [5.41, 5.74) is 0.228. The van der Waals surface area contributed by atoms with Gasteiger partial charge in [-0.05, 0) is 11.6 Å². The van der Waals surface area contributed by atoms with E-state index in [9.17, 15) is 13.6 Å². The summed E-state index contributed by atoms with van der Waals surface area (Å²) in [4.78, 5) is 10.9. The number of rotatable bonds is 3. The van der Waals surface area contributed by atoms with Crippen molar-refractivity contribution in [3.63, 3.8) is 0 Å². The van der Waals surface area contributed by atoms with Gasteiger partial charge in [-0.2, -0.15) is 0 Å². The van der Waals surface area contributed by atoms with Gasteiger partial charge >= 0.3 is 0 Å². The molecule has 0 atom stereocenters. The summed E-state index contributed by atoms with van der Waals surface area (Å²) in [6.07, 6.45) is -0.00262. The van der Waals surface area contributed by atoms with Gasteiger partial charge in [0.15, 0.2) is 0 Å². The number of Topliss-reactive ketones (excluding diaryl/α,β-unsaturated/α-hetero) is 1. The van der Waals surface area contributed by atoms with E-state index in [-0.39, 0.29) is 23.1 Å². The van der Waals surface area contributed by atoms with E-state index in [0.717, 1.165) is 12.1 Å². The summed E-state index contributed by atoms with van der Waals surface area (Å²) in [7, 11) is 0. The maximum Gasteiger partial charge on any atom is 0.147 e. The molecule has 70 valence electrons. The second-order valence-corrected chi connectivity index (χ2v) is 3.15. The van der Waals surface area contributed by atoms with Gasteiger partial charge in [0.25, 0.3) is 0 Å². The predicted molar refractivity (Wildman–Crippen MR) is 48.9 cm³/mol. The molecule has 0 aliphatic carbocycles. The first kappa shape index (κ1) is 10.3. The molecule has 13 heavy (non-hydrogen) atoms. The van der Waals surface area contributed by atoms with Crippen molar-refractivity contribution in [2.75, 3.05) is 5.33 Å². The molecule has 0 unspecified atom stereocenters. The summed E-state index contributed by atoms with van der Waals surface area (Å²) in [6, 6.07) is 3.20. The maximum absolute atomic E-state index is 12.9. The fourth-order valence-electron chi connectivity index (χ4n) is 0.925. The monoisotopic (exact) mass is 248 g/mol. The van der Waals surface area contributed by atoms with Crippen molar-refractivity contribution in [3.8, 4) is 0 Å². The molecule has 0 aliphatic rings. The standard InChI is InChI=1S/C9H7BrF2O/c10-5-8(13)3-6-1-2-7(11)4-9(6)12/h1-2,4H,3,5H2. The van der Waals surface area contributed by atoms with Gasteiger partial charge in [0.05, 0.1) is 5.33 Å². The summed E-state index contributed by atoms with van der Waals surface area (Å²) in [5, 5.41) is 0.184. The van der Waals surface area contributed by atoms with Gasteiger partial charge in [0.1, 0.15) is 17.4 Å². The second-order valence-electron chi connectivity index (χ2n) is 2.58. The predicted octanol–water partition coefficient (Wildman–Crippen LogP) is 2.47. The normalized spacial score (nSPS) is 10.1. The third kappa shape index (κ3) is 2.88. The zero-order valence-corrected chi connectivity index (χ0v) is 8.27. The molecule has 4 heteroatoms. The molecule has 0 aliphatic heterocycles. The number of ketones is 1. The zero-order valence-electron chi connectivity index (χ0n) is 6.69. The molecule has 0 radical (unpaired) electrons. The van der Waals surface area contributed by atoms with Crippen LogP contribution < -0.4 is 0 Å². The first-order valence-electron chi connectivity index (χ1n) is 3.65. The summed E-state index contributed by atoms with van der Waals surface area (Å²) in [6.45, 7) is 0. The van der Waals surface area contributed by atoms with Crippen LogP contribution in [0.5, 0.6) is 0 Å². The minimum atomic E-state index is -0.672. The van der Waals surface area contributed by atoms with Gasteiger partial charge in [0.2, 0.25) is 0 Å². The zero-order chi connectivity index (χ0) is 9.84. The van der Waals surface area contributed by atoms with Crippen LogP contribution in [0.4, 0.5) is 8.78 Å². The molecule has 1 rings (SSSR count). The highest BCUT2D eigenvalue weighted by molar-refractivity contribution is 9.09. The van der Waals surface area contributed by atoms with Crippen LogP contribution in [0.3, 0.4) is 0 Å². The third-order valence-electron chi connectivity index (χ3n) is 1.55. The molecular formula is C9H7BrF2O. The summed E-state index contributed by atoms with van der Waals surface area (Å²) >= 11 is 2.97. The van der Waals surface area contributed by atoms with Crippen LogP contribution in [0, 0.1) is 11.6 Å². The molecule has 0 saturated heterocycles. The van der Waals surface area contributed by atoms with Gasteiger partial charge in [-0.15, -0.1) is 0 Å². The molecule has 1 aromatic carbocycles. The van der Waals surface area contributed by atoms with E-state index in [0.29, 0.717) is 0 Å². The Morgan fingerprint density at radius 3 is 2.62 bits per heavy atom. The number of hydrogen-bond donors (Lipinski definition) is 0. The maximum atomic E-state index is 12.9. The van der Waals surface area contributed by atoms with Crippen LogP contribution in [0.25, 0.3) is 0 Å². The molecule has 0 fully saturated rings. The van der Waals surface area contributed by atoms with Crippen molar-refractivity contribution >= 4 is 21.7 Å². The fourth-order valence-corrected chi connectivity index (χ4v) is 1.12. The van der Waals surface area contributed by atoms with Crippen molar-refractivity contribution in [1.82, 2.24) is 0 Å². The molecule has 1 aromatic rings. The van der Waals surface area contributed by atoms with E-state index < -0.39 is 11.6 Å². The van der Waals surface area contributed by atoms with Crippen LogP contribution in [-0.2, 0) is 11.2 Å². The molecule has 1 nitrogen and oxygen atoms in total. The van der Waals surface area contributed by atoms with E-state index >= 15 is 0 Å². The largest absolute Gasteiger partial charge is 0.298 e. The van der Waals surface area contributed by atoms with Crippen LogP contribution in [0.1, 0.15) is 5.56 Å². The lowest BCUT2D eigenvalue weighted by Crippen LogP contribution is -2.05. The Morgan fingerprint density at radius 1 is 1.38 bits per heavy atom. The fraction of sp³-hybridized carbons (Fsp3) is 0.222. The Bertz CT molecular complexity index is 325. The Balaban J connectivity index is 2.83. The second kappa shape index (κ2) is 4.46. The minimum absolute atomic E-state index is 0.00262. The highest BCUT2D eigenvalue weighted by Gasteiger charge is 2.07. The van der Waals surface area contributed by atoms with Crippen molar-refractivity contribution in [3.05, 3.63) is 35.4 Å². The smallest absolute Gasteiger partial charge is 0.147 e. The SMILES string of the molecule is O=C(CBr)Cc1ccc(F)cc1F. The number of benzene rings is 1. The van der Waals surface area contributed by atoms with Gasteiger partial charge < -0.3 is 0 Å². The molecule has 0 amide bonds. The van der Waals surface area contributed by atoms with E-state index in [1.165, 1.54) is 6.07 Å². The third-order valence-corrected chi connectivity index (χ3v) is 2.18. The van der Waals surface area contributed by atoms with Crippen molar-refractivity contribution < 1.29 is 13.6 Å². The first-order valence-corrected chi connectivity index (χ1v) is 4.77. The lowest BCUT2D eigenvalue weighted by Gasteiger charge is -2.00. The summed E-state index contributed by atoms with van der Waals surface area (Å²) in [5.74, 6) is -1.44. The van der Waals surface area contributed by atoms with Crippen LogP contribution >= 0.6 is 15.9 Å². The minimum Gasteiger partial charge on any atom is -0.298 e. The van der Waals surface area contributed by atoms with Crippen LogP contribution in [0.15, 0.2) is 18.2 Å². The lowest BCUT2D eigenvalue weighted by molar-refractivity contribution is -0.115. The highest BCUT2D eigenvalue weighted by Crippen LogP contribution is 2.10. The molecule has 0 bridgehead atoms. The average Bonchev–Trinajstić information content (AvgIpc) is 2.09. The quantitative estimate of drug-likeness (QED) is 0.752. The Labute approximate surface area is 82.9 Å². The van der Waals surface area contributed by atoms with Gasteiger partial charge in [-0.25, -0.2) is 8.78 Å². The van der Waals surface area contributed by atoms with Gasteiger partial charge in [0, 0.05) is 12.5 Å². The topological polar surface area (TPSA) is 17.1 Å². The van der Waals surface area contributed by atoms with Crippen LogP contribution in [0.2, 0.25) is 0 Å². The van der Waals surface area contributed by atoms with E-state index in [2.05, 4.69) is 15.9 Å². The number of halogens is 3. The van der Waals surface area contributed by atoms with Gasteiger partial charge in [-0.1, -0.05) is 22.0 Å². The molecule has 0 N–H and O–H groups in total. The number of carbonyl (C=O) groups is 1. The molecule has 0 saturated carbocycles. The molecular weight excluding hydrogens is 242 g/mol. The summed E-state index contributed by atoms with van der Waals surface area (Å²) < 4.78 is 25.4. The Kier molecular flexibility index (Phi) is 3.54. The number of carbonyl (C=O) groups excluding carboxylic acids is 1. The van der Waals surface area contributed by atoms with Crippen molar-refractivity contribution in [2.45, 2.75) is 6.42 Å². The Morgan fingerprint density at radius 2 is 2.08 bits per heavy atom. The van der Waals surface area contributed by atoms with E-state index in [4.69, 9.17) is 0 Å². The average molecular weight is 249 g/mol. The van der Waals surface area contributed by atoms with Gasteiger partial charge in [-0.3, -0.25) is 4.79 Å². The first-order chi connectivity index (χ1) is 6.13. The highest BCUT2D eigenvalue weighted by atomic mass is 79.9. The Hall–Kier alpha value is -0.770. The van der Waals surface area contributed by atoms with Crippen molar-refractivity contribution in [1.29, 1.82) is 0 Å². The molecule has 0 heterocycles. The van der Waals surface area contributed by atoms with Crippen LogP contribution in [-0.4, -0.2) is 11.1 Å². The number of alkyl halides is 1.